The van der Waals surface area contributed by atoms with Crippen molar-refractivity contribution in [1.29, 1.82) is 0 Å². The van der Waals surface area contributed by atoms with Gasteiger partial charge in [0, 0.05) is 12.0 Å². The summed E-state index contributed by atoms with van der Waals surface area (Å²) in [6.45, 7) is -1.20. The van der Waals surface area contributed by atoms with Gasteiger partial charge in [0.25, 0.3) is 0 Å². The number of phenols is 1. The van der Waals surface area contributed by atoms with Gasteiger partial charge in [-0.25, -0.2) is 4.79 Å². The summed E-state index contributed by atoms with van der Waals surface area (Å²) in [4.78, 5) is 50.2. The van der Waals surface area contributed by atoms with E-state index < -0.39 is 97.3 Å². The first-order valence-electron chi connectivity index (χ1n) is 15.4. The maximum absolute atomic E-state index is 12.9. The molecular weight excluding hydrogens is 624 g/mol. The number of carbonyl (C=O) groups excluding carboxylic acids is 4. The summed E-state index contributed by atoms with van der Waals surface area (Å²) >= 11 is 0. The van der Waals surface area contributed by atoms with Gasteiger partial charge in [-0.3, -0.25) is 14.4 Å². The molecule has 4 aliphatic rings. The Balaban J connectivity index is 1.35. The number of aromatic hydroxyl groups is 1. The lowest BCUT2D eigenvalue weighted by Crippen LogP contribution is -2.64. The van der Waals surface area contributed by atoms with E-state index in [9.17, 15) is 49.8 Å². The van der Waals surface area contributed by atoms with Crippen LogP contribution in [-0.2, 0) is 44.7 Å². The third-order valence-electron chi connectivity index (χ3n) is 8.78. The normalized spacial score (nSPS) is 35.0. The Hall–Kier alpha value is -3.86. The number of carbonyl (C=O) groups is 4. The minimum absolute atomic E-state index is 0.0444. The van der Waals surface area contributed by atoms with Crippen LogP contribution >= 0.6 is 0 Å². The molecule has 1 aromatic rings. The van der Waals surface area contributed by atoms with Gasteiger partial charge in [0.05, 0.1) is 17.9 Å². The molecule has 0 amide bonds. The highest BCUT2D eigenvalue weighted by Gasteiger charge is 2.56. The van der Waals surface area contributed by atoms with Crippen LogP contribution in [0.2, 0.25) is 0 Å². The first-order valence-corrected chi connectivity index (χ1v) is 15.4. The summed E-state index contributed by atoms with van der Waals surface area (Å²) in [5.74, 6) is -5.15. The Kier molecular flexibility index (Phi) is 10.6. The van der Waals surface area contributed by atoms with Crippen LogP contribution in [0.25, 0.3) is 0 Å². The summed E-state index contributed by atoms with van der Waals surface area (Å²) < 4.78 is 27.9. The lowest BCUT2D eigenvalue weighted by molar-refractivity contribution is -0.284. The molecule has 1 aromatic carbocycles. The van der Waals surface area contributed by atoms with Crippen molar-refractivity contribution in [2.45, 2.75) is 93.6 Å². The van der Waals surface area contributed by atoms with Crippen molar-refractivity contribution >= 4 is 23.7 Å². The number of benzene rings is 1. The van der Waals surface area contributed by atoms with E-state index in [1.165, 1.54) is 12.1 Å². The van der Waals surface area contributed by atoms with Crippen LogP contribution in [0.5, 0.6) is 11.5 Å². The SMILES string of the molecule is O=C(OC[C@@H]1O[C@@H](Oc2ccc(O)cc2COC(=O)[C@]2(O)[C@@H](O)CCC(=O)[C@@H]2O)[C@H](OC(=O)[C@@H]2C=CCC2)[C@H](O)[C@@H]1O)[C@@H]1C=CCC1. The Morgan fingerprint density at radius 3 is 2.26 bits per heavy atom. The van der Waals surface area contributed by atoms with E-state index in [-0.39, 0.29) is 29.9 Å². The number of rotatable bonds is 10. The highest BCUT2D eigenvalue weighted by atomic mass is 16.7. The summed E-state index contributed by atoms with van der Waals surface area (Å²) in [5.41, 5.74) is -2.98. The number of ether oxygens (including phenoxy) is 5. The van der Waals surface area contributed by atoms with Gasteiger partial charge in [0.1, 0.15) is 43.0 Å². The molecule has 0 bridgehead atoms. The minimum Gasteiger partial charge on any atom is -0.508 e. The van der Waals surface area contributed by atoms with Crippen LogP contribution in [0.1, 0.15) is 44.1 Å². The van der Waals surface area contributed by atoms with Crippen molar-refractivity contribution in [3.8, 4) is 11.5 Å². The predicted octanol–water partition coefficient (Wildman–Crippen LogP) is -0.536. The van der Waals surface area contributed by atoms with Crippen molar-refractivity contribution in [3.63, 3.8) is 0 Å². The fraction of sp³-hybridized carbons (Fsp3) is 0.562. The lowest BCUT2D eigenvalue weighted by atomic mass is 9.79. The zero-order valence-corrected chi connectivity index (χ0v) is 25.3. The highest BCUT2D eigenvalue weighted by Crippen LogP contribution is 2.34. The maximum Gasteiger partial charge on any atom is 0.344 e. The topological polar surface area (TPSA) is 236 Å². The third kappa shape index (κ3) is 7.35. The second-order valence-electron chi connectivity index (χ2n) is 12.0. The largest absolute Gasteiger partial charge is 0.508 e. The highest BCUT2D eigenvalue weighted by molar-refractivity contribution is 5.94. The van der Waals surface area contributed by atoms with Gasteiger partial charge in [0.2, 0.25) is 11.9 Å². The number of hydrogen-bond acceptors (Lipinski definition) is 15. The number of ketones is 1. The van der Waals surface area contributed by atoms with E-state index in [1.807, 2.05) is 6.08 Å². The Bertz CT molecular complexity index is 1400. The van der Waals surface area contributed by atoms with Gasteiger partial charge >= 0.3 is 17.9 Å². The van der Waals surface area contributed by atoms with Crippen LogP contribution in [0.15, 0.2) is 42.5 Å². The molecule has 0 unspecified atom stereocenters. The average Bonchev–Trinajstić information content (AvgIpc) is 3.80. The van der Waals surface area contributed by atoms with Crippen molar-refractivity contribution in [2.24, 2.45) is 11.8 Å². The van der Waals surface area contributed by atoms with E-state index >= 15 is 0 Å². The minimum atomic E-state index is -2.94. The first kappa shape index (κ1) is 34.5. The summed E-state index contributed by atoms with van der Waals surface area (Å²) in [6, 6.07) is 3.56. The van der Waals surface area contributed by atoms with E-state index in [0.29, 0.717) is 25.7 Å². The maximum atomic E-state index is 12.9. The van der Waals surface area contributed by atoms with Crippen molar-refractivity contribution < 1.29 is 73.5 Å². The Labute approximate surface area is 268 Å². The van der Waals surface area contributed by atoms with Crippen molar-refractivity contribution in [1.82, 2.24) is 0 Å². The Morgan fingerprint density at radius 1 is 0.915 bits per heavy atom. The summed E-state index contributed by atoms with van der Waals surface area (Å²) in [6.07, 6.45) is -3.18. The number of Topliss-reactive ketones (excluding diaryl/α,β-unsaturated/α-hetero) is 1. The number of aliphatic hydroxyl groups excluding tert-OH is 4. The van der Waals surface area contributed by atoms with Gasteiger partial charge in [-0.2, -0.15) is 0 Å². The molecule has 1 heterocycles. The van der Waals surface area contributed by atoms with Crippen LogP contribution in [-0.4, -0.2) is 109 Å². The molecule has 0 radical (unpaired) electrons. The lowest BCUT2D eigenvalue weighted by Gasteiger charge is -2.42. The molecule has 2 fully saturated rings. The number of phenolic OH excluding ortho intramolecular Hbond substituents is 1. The smallest absolute Gasteiger partial charge is 0.344 e. The van der Waals surface area contributed by atoms with Crippen LogP contribution < -0.4 is 4.74 Å². The van der Waals surface area contributed by atoms with Crippen LogP contribution in [0.3, 0.4) is 0 Å². The molecule has 15 nitrogen and oxygen atoms in total. The molecule has 47 heavy (non-hydrogen) atoms. The third-order valence-corrected chi connectivity index (χ3v) is 8.78. The van der Waals surface area contributed by atoms with Gasteiger partial charge in [-0.15, -0.1) is 0 Å². The molecule has 10 atom stereocenters. The number of esters is 3. The summed E-state index contributed by atoms with van der Waals surface area (Å²) in [7, 11) is 0. The van der Waals surface area contributed by atoms with E-state index in [1.54, 1.807) is 18.2 Å². The monoisotopic (exact) mass is 662 g/mol. The fourth-order valence-corrected chi connectivity index (χ4v) is 5.90. The van der Waals surface area contributed by atoms with Crippen molar-refractivity contribution in [3.05, 3.63) is 48.1 Å². The molecule has 1 saturated heterocycles. The number of aliphatic hydroxyl groups is 5. The average molecular weight is 663 g/mol. The zero-order valence-electron chi connectivity index (χ0n) is 25.3. The first-order chi connectivity index (χ1) is 22.4. The molecular formula is C32H38O15. The second-order valence-corrected chi connectivity index (χ2v) is 12.0. The van der Waals surface area contributed by atoms with Gasteiger partial charge in [-0.1, -0.05) is 24.3 Å². The van der Waals surface area contributed by atoms with Gasteiger partial charge < -0.3 is 54.3 Å². The van der Waals surface area contributed by atoms with Gasteiger partial charge in [-0.05, 0) is 50.3 Å². The molecule has 1 aliphatic heterocycles. The molecule has 5 rings (SSSR count). The summed E-state index contributed by atoms with van der Waals surface area (Å²) in [5, 5.41) is 63.2. The van der Waals surface area contributed by atoms with E-state index in [2.05, 4.69) is 0 Å². The fourth-order valence-electron chi connectivity index (χ4n) is 5.90. The molecule has 256 valence electrons. The number of hydrogen-bond donors (Lipinski definition) is 6. The van der Waals surface area contributed by atoms with Crippen LogP contribution in [0, 0.1) is 11.8 Å². The molecule has 0 spiro atoms. The molecule has 1 saturated carbocycles. The second kappa shape index (κ2) is 14.5. The quantitative estimate of drug-likeness (QED) is 0.105. The Morgan fingerprint density at radius 2 is 1.60 bits per heavy atom. The standard InChI is InChI=1S/C32H38O15/c33-19-9-11-21(18(13-19)14-44-31(41)32(42)23(35)12-10-20(34)27(32)38)45-30-26(47-29(40)17-7-3-4-8-17)25(37)24(36)22(46-30)15-43-28(39)16-5-1-2-6-16/h1,3,5,7,9,11,13,16-17,22-27,30,33,35-38,42H,2,4,6,8,10,12,14-15H2/t16-,17-,22+,23+,24-,25-,26-,27+,30-,32+/m1/s1. The van der Waals surface area contributed by atoms with Crippen molar-refractivity contribution in [2.75, 3.05) is 6.61 Å². The predicted molar refractivity (Wildman–Crippen MR) is 155 cm³/mol. The van der Waals surface area contributed by atoms with E-state index in [0.717, 1.165) is 6.07 Å². The van der Waals surface area contributed by atoms with Gasteiger partial charge in [0.15, 0.2) is 18.0 Å². The zero-order chi connectivity index (χ0) is 33.9. The van der Waals surface area contributed by atoms with E-state index in [4.69, 9.17) is 23.7 Å². The van der Waals surface area contributed by atoms with Crippen LogP contribution in [0.4, 0.5) is 0 Å². The molecule has 0 aromatic heterocycles. The number of allylic oxidation sites excluding steroid dienone is 2. The molecule has 6 N–H and O–H groups in total. The molecule has 15 heteroatoms. The molecule has 3 aliphatic carbocycles.